The van der Waals surface area contributed by atoms with Crippen LogP contribution < -0.4 is 15.5 Å². The molecule has 218 valence electrons. The predicted molar refractivity (Wildman–Crippen MR) is 164 cm³/mol. The molecule has 0 atom stereocenters. The molecule has 0 unspecified atom stereocenters. The Morgan fingerprint density at radius 1 is 1.07 bits per heavy atom. The molecule has 1 aromatic heterocycles. The lowest BCUT2D eigenvalue weighted by Crippen LogP contribution is -2.41. The van der Waals surface area contributed by atoms with Gasteiger partial charge in [-0.25, -0.2) is 0 Å². The van der Waals surface area contributed by atoms with E-state index in [9.17, 15) is 9.59 Å². The van der Waals surface area contributed by atoms with E-state index in [4.69, 9.17) is 0 Å². The molecule has 2 aliphatic heterocycles. The van der Waals surface area contributed by atoms with Gasteiger partial charge in [-0.2, -0.15) is 5.10 Å². The van der Waals surface area contributed by atoms with Gasteiger partial charge in [-0.3, -0.25) is 14.3 Å². The summed E-state index contributed by atoms with van der Waals surface area (Å²) in [4.78, 5) is 31.1. The largest absolute Gasteiger partial charge is 0.352 e. The number of rotatable bonds is 6. The number of hydrogen-bond acceptors (Lipinski definition) is 5. The van der Waals surface area contributed by atoms with Crippen molar-refractivity contribution in [2.45, 2.75) is 67.0 Å². The summed E-state index contributed by atoms with van der Waals surface area (Å²) in [6.07, 6.45) is 4.81. The number of amides is 2. The molecule has 5 rings (SSSR count). The van der Waals surface area contributed by atoms with Crippen LogP contribution in [0.3, 0.4) is 0 Å². The van der Waals surface area contributed by atoms with E-state index in [1.807, 2.05) is 62.3 Å². The van der Waals surface area contributed by atoms with Crippen molar-refractivity contribution in [3.05, 3.63) is 70.4 Å². The molecule has 0 saturated carbocycles. The fourth-order valence-electron chi connectivity index (χ4n) is 5.73. The standard InChI is InChI=1S/C33H44N6O2/c1-22-7-10-29-28(17-22)36-30-27(20-35-37(30)6)21-39(29)32(41)25-8-9-26(23(2)18-25)19-34-31(40)24-11-14-38(15-12-24)16-13-33(3,4)5/h7-10,17-18,20,24,36H,11-16,19,21H2,1-6H3,(H,34,40). The number of benzene rings is 2. The monoisotopic (exact) mass is 556 g/mol. The zero-order chi connectivity index (χ0) is 29.3. The number of likely N-dealkylation sites (tertiary alicyclic amines) is 1. The number of nitrogens with one attached hydrogen (secondary N) is 2. The fraction of sp³-hybridized carbons (Fsp3) is 0.485. The maximum absolute atomic E-state index is 13.9. The summed E-state index contributed by atoms with van der Waals surface area (Å²) in [5, 5.41) is 11.0. The first kappa shape index (κ1) is 28.9. The van der Waals surface area contributed by atoms with Crippen molar-refractivity contribution in [1.82, 2.24) is 20.0 Å². The molecule has 3 aromatic rings. The first-order chi connectivity index (χ1) is 19.5. The summed E-state index contributed by atoms with van der Waals surface area (Å²) in [5.74, 6) is 1.03. The molecule has 1 saturated heterocycles. The zero-order valence-electron chi connectivity index (χ0n) is 25.4. The number of hydrogen-bond donors (Lipinski definition) is 2. The lowest BCUT2D eigenvalue weighted by Gasteiger charge is -2.33. The molecule has 0 aliphatic carbocycles. The van der Waals surface area contributed by atoms with Gasteiger partial charge in [-0.05, 0) is 99.1 Å². The SMILES string of the molecule is Cc1ccc2c(c1)Nc1c(cnn1C)CN2C(=O)c1ccc(CNC(=O)C2CCN(CCC(C)(C)C)CC2)c(C)c1. The van der Waals surface area contributed by atoms with Crippen molar-refractivity contribution in [2.24, 2.45) is 18.4 Å². The Morgan fingerprint density at radius 3 is 2.54 bits per heavy atom. The Labute approximate surface area is 244 Å². The molecule has 3 heterocycles. The Morgan fingerprint density at radius 2 is 1.83 bits per heavy atom. The quantitative estimate of drug-likeness (QED) is 0.407. The fourth-order valence-corrected chi connectivity index (χ4v) is 5.73. The van der Waals surface area contributed by atoms with Gasteiger partial charge in [0, 0.05) is 30.6 Å². The highest BCUT2D eigenvalue weighted by Crippen LogP contribution is 2.37. The van der Waals surface area contributed by atoms with Crippen molar-refractivity contribution >= 4 is 29.0 Å². The molecular weight excluding hydrogens is 512 g/mol. The molecule has 2 amide bonds. The van der Waals surface area contributed by atoms with E-state index in [0.717, 1.165) is 71.9 Å². The molecule has 0 spiro atoms. The predicted octanol–water partition coefficient (Wildman–Crippen LogP) is 5.71. The van der Waals surface area contributed by atoms with Crippen LogP contribution >= 0.6 is 0 Å². The van der Waals surface area contributed by atoms with Crippen molar-refractivity contribution < 1.29 is 9.59 Å². The van der Waals surface area contributed by atoms with Gasteiger partial charge in [0.15, 0.2) is 0 Å². The number of piperidine rings is 1. The summed E-state index contributed by atoms with van der Waals surface area (Å²) in [6.45, 7) is 14.9. The smallest absolute Gasteiger partial charge is 0.258 e. The van der Waals surface area contributed by atoms with Gasteiger partial charge in [0.05, 0.1) is 24.1 Å². The first-order valence-electron chi connectivity index (χ1n) is 14.8. The minimum absolute atomic E-state index is 0.0643. The number of aromatic nitrogens is 2. The lowest BCUT2D eigenvalue weighted by molar-refractivity contribution is -0.126. The summed E-state index contributed by atoms with van der Waals surface area (Å²) in [5.41, 5.74) is 6.79. The van der Waals surface area contributed by atoms with Gasteiger partial charge >= 0.3 is 0 Å². The molecule has 2 N–H and O–H groups in total. The molecule has 1 fully saturated rings. The second-order valence-electron chi connectivity index (χ2n) is 13.0. The number of aryl methyl sites for hydroxylation is 3. The molecule has 0 bridgehead atoms. The number of nitrogens with zero attached hydrogens (tertiary/aromatic N) is 4. The third-order valence-electron chi connectivity index (χ3n) is 8.46. The minimum Gasteiger partial charge on any atom is -0.352 e. The Bertz CT molecular complexity index is 1430. The van der Waals surface area contributed by atoms with E-state index in [0.29, 0.717) is 24.1 Å². The highest BCUT2D eigenvalue weighted by Gasteiger charge is 2.28. The average molecular weight is 557 g/mol. The zero-order valence-corrected chi connectivity index (χ0v) is 25.4. The van der Waals surface area contributed by atoms with Crippen LogP contribution in [-0.4, -0.2) is 46.1 Å². The third-order valence-corrected chi connectivity index (χ3v) is 8.46. The first-order valence-corrected chi connectivity index (χ1v) is 14.8. The Balaban J connectivity index is 1.23. The molecule has 41 heavy (non-hydrogen) atoms. The van der Waals surface area contributed by atoms with Gasteiger partial charge in [-0.1, -0.05) is 32.9 Å². The number of anilines is 3. The van der Waals surface area contributed by atoms with Crippen LogP contribution in [-0.2, 0) is 24.9 Å². The van der Waals surface area contributed by atoms with Crippen molar-refractivity contribution in [3.63, 3.8) is 0 Å². The van der Waals surface area contributed by atoms with Gasteiger partial charge in [0.2, 0.25) is 5.91 Å². The van der Waals surface area contributed by atoms with E-state index in [2.05, 4.69) is 47.5 Å². The van der Waals surface area contributed by atoms with Crippen LogP contribution in [0.4, 0.5) is 17.2 Å². The van der Waals surface area contributed by atoms with Crippen LogP contribution in [0.5, 0.6) is 0 Å². The summed E-state index contributed by atoms with van der Waals surface area (Å²) in [7, 11) is 1.90. The molecule has 2 aromatic carbocycles. The summed E-state index contributed by atoms with van der Waals surface area (Å²) < 4.78 is 1.80. The van der Waals surface area contributed by atoms with Gasteiger partial charge in [-0.15, -0.1) is 0 Å². The number of fused-ring (bicyclic) bond motifs is 2. The second kappa shape index (κ2) is 11.7. The van der Waals surface area contributed by atoms with Crippen molar-refractivity contribution in [1.29, 1.82) is 0 Å². The Hall–Kier alpha value is -3.65. The molecule has 8 heteroatoms. The van der Waals surface area contributed by atoms with Gasteiger partial charge < -0.3 is 20.4 Å². The van der Waals surface area contributed by atoms with Crippen molar-refractivity contribution in [2.75, 3.05) is 29.9 Å². The Kier molecular flexibility index (Phi) is 8.23. The van der Waals surface area contributed by atoms with E-state index >= 15 is 0 Å². The molecule has 8 nitrogen and oxygen atoms in total. The second-order valence-corrected chi connectivity index (χ2v) is 13.0. The van der Waals surface area contributed by atoms with Crippen LogP contribution in [0.1, 0.15) is 72.6 Å². The average Bonchev–Trinajstić information content (AvgIpc) is 3.18. The van der Waals surface area contributed by atoms with Crippen molar-refractivity contribution in [3.8, 4) is 0 Å². The maximum atomic E-state index is 13.9. The third kappa shape index (κ3) is 6.64. The van der Waals surface area contributed by atoms with E-state index < -0.39 is 0 Å². The van der Waals surface area contributed by atoms with Crippen LogP contribution in [0.2, 0.25) is 0 Å². The topological polar surface area (TPSA) is 82.5 Å². The van der Waals surface area contributed by atoms with E-state index in [-0.39, 0.29) is 17.7 Å². The number of carbonyl (C=O) groups excluding carboxylic acids is 2. The van der Waals surface area contributed by atoms with Crippen LogP contribution in [0, 0.1) is 25.2 Å². The highest BCUT2D eigenvalue weighted by molar-refractivity contribution is 6.08. The van der Waals surface area contributed by atoms with Gasteiger partial charge in [0.1, 0.15) is 5.82 Å². The summed E-state index contributed by atoms with van der Waals surface area (Å²) >= 11 is 0. The maximum Gasteiger partial charge on any atom is 0.258 e. The van der Waals surface area contributed by atoms with Crippen LogP contribution in [0.15, 0.2) is 42.6 Å². The molecular formula is C33H44N6O2. The van der Waals surface area contributed by atoms with Crippen LogP contribution in [0.25, 0.3) is 0 Å². The molecule has 0 radical (unpaired) electrons. The summed E-state index contributed by atoms with van der Waals surface area (Å²) in [6, 6.07) is 11.9. The van der Waals surface area contributed by atoms with E-state index in [1.165, 1.54) is 6.42 Å². The highest BCUT2D eigenvalue weighted by atomic mass is 16.2. The normalized spacial score (nSPS) is 16.0. The molecule has 2 aliphatic rings. The van der Waals surface area contributed by atoms with E-state index in [1.54, 1.807) is 4.68 Å². The van der Waals surface area contributed by atoms with Gasteiger partial charge in [0.25, 0.3) is 5.91 Å². The minimum atomic E-state index is -0.0643. The number of carbonyl (C=O) groups is 2. The lowest BCUT2D eigenvalue weighted by atomic mass is 9.90.